The first kappa shape index (κ1) is 15.2. The summed E-state index contributed by atoms with van der Waals surface area (Å²) in [4.78, 5) is 8.18. The number of hydrogen-bond acceptors (Lipinski definition) is 5. The van der Waals surface area contributed by atoms with Gasteiger partial charge in [0.2, 0.25) is 15.9 Å². The summed E-state index contributed by atoms with van der Waals surface area (Å²) in [6, 6.07) is 6.15. The molecule has 1 atom stereocenters. The van der Waals surface area contributed by atoms with Gasteiger partial charge in [0.1, 0.15) is 6.10 Å². The molecule has 22 heavy (non-hydrogen) atoms. The van der Waals surface area contributed by atoms with Crippen LogP contribution in [0, 0.1) is 0 Å². The van der Waals surface area contributed by atoms with Crippen LogP contribution in [0.15, 0.2) is 47.8 Å². The van der Waals surface area contributed by atoms with Crippen molar-refractivity contribution >= 4 is 21.6 Å². The van der Waals surface area contributed by atoms with Gasteiger partial charge in [-0.05, 0) is 30.7 Å². The minimum atomic E-state index is -3.52. The fourth-order valence-corrected chi connectivity index (χ4v) is 3.90. The van der Waals surface area contributed by atoms with Gasteiger partial charge in [0.25, 0.3) is 0 Å². The molecule has 1 unspecified atom stereocenters. The maximum atomic E-state index is 12.5. The molecule has 1 aliphatic rings. The van der Waals surface area contributed by atoms with Gasteiger partial charge in [0.05, 0.1) is 17.6 Å². The molecule has 1 aromatic carbocycles. The highest BCUT2D eigenvalue weighted by Crippen LogP contribution is 2.24. The molecule has 2 aromatic rings. The van der Waals surface area contributed by atoms with Crippen molar-refractivity contribution in [2.75, 3.05) is 13.1 Å². The van der Waals surface area contributed by atoms with Crippen LogP contribution in [-0.4, -0.2) is 41.9 Å². The third-order valence-corrected chi connectivity index (χ3v) is 5.52. The van der Waals surface area contributed by atoms with Crippen LogP contribution in [0.3, 0.4) is 0 Å². The second kappa shape index (κ2) is 6.20. The van der Waals surface area contributed by atoms with E-state index in [0.717, 1.165) is 0 Å². The van der Waals surface area contributed by atoms with Crippen molar-refractivity contribution in [2.45, 2.75) is 17.4 Å². The number of hydrogen-bond donors (Lipinski definition) is 0. The molecule has 1 aromatic heterocycles. The largest absolute Gasteiger partial charge is 0.472 e. The van der Waals surface area contributed by atoms with E-state index in [4.69, 9.17) is 16.3 Å². The van der Waals surface area contributed by atoms with Crippen molar-refractivity contribution in [3.8, 4) is 5.88 Å². The smallest absolute Gasteiger partial charge is 0.243 e. The Morgan fingerprint density at radius 3 is 2.68 bits per heavy atom. The highest BCUT2D eigenvalue weighted by molar-refractivity contribution is 7.89. The highest BCUT2D eigenvalue weighted by atomic mass is 35.5. The van der Waals surface area contributed by atoms with E-state index in [0.29, 0.717) is 30.4 Å². The van der Waals surface area contributed by atoms with Crippen molar-refractivity contribution in [3.63, 3.8) is 0 Å². The van der Waals surface area contributed by atoms with Gasteiger partial charge in [0, 0.05) is 24.0 Å². The zero-order chi connectivity index (χ0) is 15.6. The topological polar surface area (TPSA) is 72.4 Å². The molecule has 1 aliphatic heterocycles. The second-order valence-corrected chi connectivity index (χ2v) is 7.26. The fraction of sp³-hybridized carbons (Fsp3) is 0.286. The van der Waals surface area contributed by atoms with Crippen molar-refractivity contribution in [3.05, 3.63) is 47.9 Å². The molecule has 0 spiro atoms. The van der Waals surface area contributed by atoms with Gasteiger partial charge < -0.3 is 4.74 Å². The molecule has 0 saturated carbocycles. The SMILES string of the molecule is O=S(=O)(c1ccc(Cl)cc1)N1CCC(Oc2cnccn2)C1. The number of aromatic nitrogens is 2. The summed E-state index contributed by atoms with van der Waals surface area (Å²) in [6.07, 6.45) is 4.99. The number of nitrogens with zero attached hydrogens (tertiary/aromatic N) is 3. The summed E-state index contributed by atoms with van der Waals surface area (Å²) < 4.78 is 32.2. The number of halogens is 1. The van der Waals surface area contributed by atoms with E-state index < -0.39 is 10.0 Å². The Hall–Kier alpha value is -1.70. The summed E-state index contributed by atoms with van der Waals surface area (Å²) in [5.41, 5.74) is 0. The van der Waals surface area contributed by atoms with Gasteiger partial charge in [-0.2, -0.15) is 4.31 Å². The molecular weight excluding hydrogens is 326 g/mol. The quantitative estimate of drug-likeness (QED) is 0.851. The van der Waals surface area contributed by atoms with Crippen molar-refractivity contribution in [2.24, 2.45) is 0 Å². The number of rotatable bonds is 4. The first-order valence-corrected chi connectivity index (χ1v) is 8.56. The molecule has 0 radical (unpaired) electrons. The summed E-state index contributed by atoms with van der Waals surface area (Å²) >= 11 is 5.79. The monoisotopic (exact) mass is 339 g/mol. The summed E-state index contributed by atoms with van der Waals surface area (Å²) in [7, 11) is -3.52. The minimum absolute atomic E-state index is 0.223. The van der Waals surface area contributed by atoms with Gasteiger partial charge in [0.15, 0.2) is 0 Å². The molecule has 0 aliphatic carbocycles. The van der Waals surface area contributed by atoms with Gasteiger partial charge in [-0.15, -0.1) is 0 Å². The van der Waals surface area contributed by atoms with E-state index in [-0.39, 0.29) is 11.0 Å². The summed E-state index contributed by atoms with van der Waals surface area (Å²) in [6.45, 7) is 0.706. The molecule has 2 heterocycles. The average molecular weight is 340 g/mol. The van der Waals surface area contributed by atoms with E-state index in [1.165, 1.54) is 28.8 Å². The highest BCUT2D eigenvalue weighted by Gasteiger charge is 2.33. The Morgan fingerprint density at radius 2 is 2.00 bits per heavy atom. The van der Waals surface area contributed by atoms with Crippen LogP contribution in [0.1, 0.15) is 6.42 Å². The van der Waals surface area contributed by atoms with Crippen molar-refractivity contribution in [1.29, 1.82) is 0 Å². The van der Waals surface area contributed by atoms with Crippen LogP contribution in [0.25, 0.3) is 0 Å². The lowest BCUT2D eigenvalue weighted by molar-refractivity contribution is 0.206. The average Bonchev–Trinajstić information content (AvgIpc) is 2.98. The van der Waals surface area contributed by atoms with E-state index in [9.17, 15) is 8.42 Å². The van der Waals surface area contributed by atoms with E-state index in [2.05, 4.69) is 9.97 Å². The maximum Gasteiger partial charge on any atom is 0.243 e. The maximum absolute atomic E-state index is 12.5. The predicted molar refractivity (Wildman–Crippen MR) is 81.3 cm³/mol. The Morgan fingerprint density at radius 1 is 1.23 bits per heavy atom. The molecule has 1 fully saturated rings. The van der Waals surface area contributed by atoms with Gasteiger partial charge in [-0.25, -0.2) is 13.4 Å². The molecule has 0 bridgehead atoms. The van der Waals surface area contributed by atoms with Crippen LogP contribution in [0.2, 0.25) is 5.02 Å². The summed E-state index contributed by atoms with van der Waals surface area (Å²) in [5.74, 6) is 0.401. The van der Waals surface area contributed by atoms with Crippen LogP contribution in [0.5, 0.6) is 5.88 Å². The van der Waals surface area contributed by atoms with Crippen molar-refractivity contribution in [1.82, 2.24) is 14.3 Å². The molecule has 116 valence electrons. The number of benzene rings is 1. The zero-order valence-corrected chi connectivity index (χ0v) is 13.2. The standard InChI is InChI=1S/C14H14ClN3O3S/c15-11-1-3-13(4-2-11)22(19,20)18-8-5-12(10-18)21-14-9-16-6-7-17-14/h1-4,6-7,9,12H,5,8,10H2. The molecular formula is C14H14ClN3O3S. The molecule has 6 nitrogen and oxygen atoms in total. The van der Waals surface area contributed by atoms with Crippen LogP contribution >= 0.6 is 11.6 Å². The van der Waals surface area contributed by atoms with Gasteiger partial charge >= 0.3 is 0 Å². The third-order valence-electron chi connectivity index (χ3n) is 3.39. The third kappa shape index (κ3) is 3.21. The molecule has 0 amide bonds. The normalized spacial score (nSPS) is 19.2. The Balaban J connectivity index is 1.70. The minimum Gasteiger partial charge on any atom is -0.472 e. The molecule has 8 heteroatoms. The second-order valence-electron chi connectivity index (χ2n) is 4.89. The molecule has 0 N–H and O–H groups in total. The first-order chi connectivity index (χ1) is 10.6. The zero-order valence-electron chi connectivity index (χ0n) is 11.6. The van der Waals surface area contributed by atoms with Crippen LogP contribution in [0.4, 0.5) is 0 Å². The van der Waals surface area contributed by atoms with E-state index in [1.54, 1.807) is 18.3 Å². The predicted octanol–water partition coefficient (Wildman–Crippen LogP) is 1.97. The Bertz CT molecular complexity index is 738. The Kier molecular flexibility index (Phi) is 4.28. The lowest BCUT2D eigenvalue weighted by atomic mass is 10.3. The van der Waals surface area contributed by atoms with E-state index in [1.807, 2.05) is 0 Å². The summed E-state index contributed by atoms with van der Waals surface area (Å²) in [5, 5.41) is 0.504. The first-order valence-electron chi connectivity index (χ1n) is 6.74. The lowest BCUT2D eigenvalue weighted by Crippen LogP contribution is -2.31. The van der Waals surface area contributed by atoms with Gasteiger partial charge in [-0.1, -0.05) is 11.6 Å². The van der Waals surface area contributed by atoms with Crippen molar-refractivity contribution < 1.29 is 13.2 Å². The fourth-order valence-electron chi connectivity index (χ4n) is 2.28. The lowest BCUT2D eigenvalue weighted by Gasteiger charge is -2.17. The van der Waals surface area contributed by atoms with Crippen LogP contribution < -0.4 is 4.74 Å². The van der Waals surface area contributed by atoms with E-state index >= 15 is 0 Å². The molecule has 3 rings (SSSR count). The Labute approximate surface area is 133 Å². The number of ether oxygens (including phenoxy) is 1. The van der Waals surface area contributed by atoms with Crippen LogP contribution in [-0.2, 0) is 10.0 Å². The van der Waals surface area contributed by atoms with Gasteiger partial charge in [-0.3, -0.25) is 4.98 Å². The molecule has 1 saturated heterocycles. The number of sulfonamides is 1.